The maximum atomic E-state index is 12.3. The summed E-state index contributed by atoms with van der Waals surface area (Å²) in [5.74, 6) is 0.0856. The number of alkyl halides is 4. The number of anilines is 1. The number of rotatable bonds is 1. The lowest BCUT2D eigenvalue weighted by Gasteiger charge is -2.10. The van der Waals surface area contributed by atoms with Gasteiger partial charge in [-0.3, -0.25) is 0 Å². The molecule has 2 nitrogen and oxygen atoms in total. The first-order chi connectivity index (χ1) is 5.95. The van der Waals surface area contributed by atoms with Crippen LogP contribution in [-0.2, 0) is 11.5 Å². The molecule has 0 radical (unpaired) electrons. The highest BCUT2D eigenvalue weighted by Crippen LogP contribution is 2.32. The summed E-state index contributed by atoms with van der Waals surface area (Å²) in [5, 5.41) is 0.106. The molecule has 13 heavy (non-hydrogen) atoms. The van der Waals surface area contributed by atoms with Gasteiger partial charge in [-0.25, -0.2) is 4.98 Å². The van der Waals surface area contributed by atoms with Gasteiger partial charge < -0.3 is 5.73 Å². The van der Waals surface area contributed by atoms with E-state index >= 15 is 0 Å². The zero-order chi connectivity index (χ0) is 10.1. The molecule has 0 aliphatic rings. The minimum absolute atomic E-state index is 0.0856. The van der Waals surface area contributed by atoms with Gasteiger partial charge in [-0.2, -0.15) is 13.2 Å². The average molecular weight is 255 g/mol. The van der Waals surface area contributed by atoms with Crippen molar-refractivity contribution >= 4 is 21.7 Å². The minimum Gasteiger partial charge on any atom is -0.384 e. The Labute approximate surface area is 81.1 Å². The molecule has 0 spiro atoms. The Morgan fingerprint density at radius 3 is 2.54 bits per heavy atom. The molecule has 1 aromatic heterocycles. The molecule has 0 amide bonds. The highest BCUT2D eigenvalue weighted by molar-refractivity contribution is 9.08. The monoisotopic (exact) mass is 254 g/mol. The van der Waals surface area contributed by atoms with Gasteiger partial charge in [0.2, 0.25) is 0 Å². The largest absolute Gasteiger partial charge is 0.418 e. The number of nitrogens with two attached hydrogens (primary N) is 1. The molecule has 0 saturated carbocycles. The van der Waals surface area contributed by atoms with Crippen molar-refractivity contribution in [3.05, 3.63) is 23.4 Å². The topological polar surface area (TPSA) is 38.9 Å². The maximum Gasteiger partial charge on any atom is 0.418 e. The molecule has 6 heteroatoms. The highest BCUT2D eigenvalue weighted by Gasteiger charge is 2.33. The Balaban J connectivity index is 3.22. The van der Waals surface area contributed by atoms with Crippen molar-refractivity contribution in [2.24, 2.45) is 0 Å². The smallest absolute Gasteiger partial charge is 0.384 e. The molecule has 0 atom stereocenters. The number of hydrogen-bond donors (Lipinski definition) is 1. The molecule has 0 unspecified atom stereocenters. The highest BCUT2D eigenvalue weighted by atomic mass is 79.9. The van der Waals surface area contributed by atoms with E-state index in [1.165, 1.54) is 6.07 Å². The van der Waals surface area contributed by atoms with Gasteiger partial charge in [0.05, 0.1) is 5.56 Å². The van der Waals surface area contributed by atoms with Crippen LogP contribution in [0.1, 0.15) is 11.1 Å². The standard InChI is InChI=1S/C7H6BrF3N2/c8-2-4-1-6(12)13-3-5(4)7(9,10)11/h1,3H,2H2,(H2,12,13). The molecular formula is C7H6BrF3N2. The Morgan fingerprint density at radius 1 is 1.46 bits per heavy atom. The van der Waals surface area contributed by atoms with Gasteiger partial charge in [0.15, 0.2) is 0 Å². The molecule has 0 aliphatic carbocycles. The molecule has 1 aromatic rings. The fourth-order valence-corrected chi connectivity index (χ4v) is 1.35. The molecule has 2 N–H and O–H groups in total. The van der Waals surface area contributed by atoms with Crippen LogP contribution in [0, 0.1) is 0 Å². The van der Waals surface area contributed by atoms with Crippen molar-refractivity contribution in [1.29, 1.82) is 0 Å². The molecular weight excluding hydrogens is 249 g/mol. The van der Waals surface area contributed by atoms with Crippen molar-refractivity contribution in [3.63, 3.8) is 0 Å². The summed E-state index contributed by atoms with van der Waals surface area (Å²) in [7, 11) is 0. The SMILES string of the molecule is Nc1cc(CBr)c(C(F)(F)F)cn1. The van der Waals surface area contributed by atoms with Crippen LogP contribution in [-0.4, -0.2) is 4.98 Å². The number of nitrogens with zero attached hydrogens (tertiary/aromatic N) is 1. The summed E-state index contributed by atoms with van der Waals surface area (Å²) < 4.78 is 36.8. The summed E-state index contributed by atoms with van der Waals surface area (Å²) >= 11 is 2.95. The van der Waals surface area contributed by atoms with Crippen LogP contribution in [0.15, 0.2) is 12.3 Å². The van der Waals surface area contributed by atoms with Gasteiger partial charge in [-0.15, -0.1) is 0 Å². The van der Waals surface area contributed by atoms with Crippen LogP contribution in [0.3, 0.4) is 0 Å². The van der Waals surface area contributed by atoms with Crippen molar-refractivity contribution in [1.82, 2.24) is 4.98 Å². The first kappa shape index (κ1) is 10.3. The van der Waals surface area contributed by atoms with E-state index < -0.39 is 11.7 Å². The van der Waals surface area contributed by atoms with Crippen LogP contribution < -0.4 is 5.73 Å². The van der Waals surface area contributed by atoms with E-state index in [1.807, 2.05) is 0 Å². The first-order valence-corrected chi connectivity index (χ1v) is 4.45. The van der Waals surface area contributed by atoms with Gasteiger partial charge >= 0.3 is 6.18 Å². The third-order valence-corrected chi connectivity index (χ3v) is 2.06. The number of aromatic nitrogens is 1. The molecule has 1 rings (SSSR count). The summed E-state index contributed by atoms with van der Waals surface area (Å²) in [5.41, 5.74) is 4.59. The van der Waals surface area contributed by atoms with Crippen LogP contribution in [0.25, 0.3) is 0 Å². The summed E-state index contributed by atoms with van der Waals surface area (Å²) in [4.78, 5) is 3.39. The van der Waals surface area contributed by atoms with E-state index in [1.54, 1.807) is 0 Å². The van der Waals surface area contributed by atoms with Crippen LogP contribution in [0.2, 0.25) is 0 Å². The summed E-state index contributed by atoms with van der Waals surface area (Å²) in [6.45, 7) is 0. The van der Waals surface area contributed by atoms with E-state index in [4.69, 9.17) is 5.73 Å². The molecule has 0 saturated heterocycles. The van der Waals surface area contributed by atoms with E-state index in [-0.39, 0.29) is 16.7 Å². The fourth-order valence-electron chi connectivity index (χ4n) is 0.881. The zero-order valence-electron chi connectivity index (χ0n) is 6.40. The second-order valence-electron chi connectivity index (χ2n) is 2.40. The van der Waals surface area contributed by atoms with Crippen molar-refractivity contribution < 1.29 is 13.2 Å². The van der Waals surface area contributed by atoms with Crippen LogP contribution in [0.4, 0.5) is 19.0 Å². The number of hydrogen-bond acceptors (Lipinski definition) is 2. The quantitative estimate of drug-likeness (QED) is 0.783. The predicted octanol–water partition coefficient (Wildman–Crippen LogP) is 2.58. The summed E-state index contributed by atoms with van der Waals surface area (Å²) in [6.07, 6.45) is -3.63. The van der Waals surface area contributed by atoms with E-state index in [9.17, 15) is 13.2 Å². The Kier molecular flexibility index (Phi) is 2.80. The molecule has 0 aromatic carbocycles. The Hall–Kier alpha value is -0.780. The predicted molar refractivity (Wildman–Crippen MR) is 46.3 cm³/mol. The third kappa shape index (κ3) is 2.33. The second kappa shape index (κ2) is 3.53. The molecule has 0 aliphatic heterocycles. The fraction of sp³-hybridized carbons (Fsp3) is 0.286. The summed E-state index contributed by atoms with van der Waals surface area (Å²) in [6, 6.07) is 1.21. The lowest BCUT2D eigenvalue weighted by atomic mass is 10.1. The third-order valence-electron chi connectivity index (χ3n) is 1.46. The van der Waals surface area contributed by atoms with Gasteiger partial charge in [0.25, 0.3) is 0 Å². The van der Waals surface area contributed by atoms with Crippen LogP contribution in [0.5, 0.6) is 0 Å². The number of halogens is 4. The minimum atomic E-state index is -4.37. The lowest BCUT2D eigenvalue weighted by Crippen LogP contribution is -2.09. The second-order valence-corrected chi connectivity index (χ2v) is 2.96. The van der Waals surface area contributed by atoms with Gasteiger partial charge in [-0.1, -0.05) is 15.9 Å². The number of pyridine rings is 1. The maximum absolute atomic E-state index is 12.3. The van der Waals surface area contributed by atoms with E-state index in [0.29, 0.717) is 0 Å². The molecule has 1 heterocycles. The normalized spacial score (nSPS) is 11.7. The molecule has 0 fully saturated rings. The lowest BCUT2D eigenvalue weighted by molar-refractivity contribution is -0.138. The Morgan fingerprint density at radius 2 is 2.08 bits per heavy atom. The van der Waals surface area contributed by atoms with E-state index in [2.05, 4.69) is 20.9 Å². The first-order valence-electron chi connectivity index (χ1n) is 3.32. The van der Waals surface area contributed by atoms with Crippen molar-refractivity contribution in [2.45, 2.75) is 11.5 Å². The van der Waals surface area contributed by atoms with Crippen molar-refractivity contribution in [2.75, 3.05) is 5.73 Å². The number of nitrogen functional groups attached to an aromatic ring is 1. The van der Waals surface area contributed by atoms with Gasteiger partial charge in [0, 0.05) is 11.5 Å². The van der Waals surface area contributed by atoms with Gasteiger partial charge in [-0.05, 0) is 11.6 Å². The van der Waals surface area contributed by atoms with E-state index in [0.717, 1.165) is 6.20 Å². The molecule has 0 bridgehead atoms. The molecule has 72 valence electrons. The van der Waals surface area contributed by atoms with Gasteiger partial charge in [0.1, 0.15) is 5.82 Å². The average Bonchev–Trinajstić information content (AvgIpc) is 2.01. The zero-order valence-corrected chi connectivity index (χ0v) is 7.98. The van der Waals surface area contributed by atoms with Crippen molar-refractivity contribution in [3.8, 4) is 0 Å². The Bertz CT molecular complexity index is 311. The van der Waals surface area contributed by atoms with Crippen LogP contribution >= 0.6 is 15.9 Å².